The molecule has 0 aliphatic carbocycles. The Morgan fingerprint density at radius 1 is 0.286 bits per heavy atom. The number of hydrogen-bond donors (Lipinski definition) is 1. The van der Waals surface area contributed by atoms with Gasteiger partial charge in [-0.05, 0) is 37.8 Å². The SMILES string of the molecule is CC(C)CCCCCCCCCCCCCCNCCCCCCCCCCCCCCC(C)C. The normalized spacial score (nSPS) is 11.8. The molecule has 0 radical (unpaired) electrons. The maximum atomic E-state index is 3.68. The van der Waals surface area contributed by atoms with Crippen LogP contribution in [0.15, 0.2) is 0 Å². The first-order valence-electron chi connectivity index (χ1n) is 16.8. The van der Waals surface area contributed by atoms with Crippen LogP contribution in [0.1, 0.15) is 195 Å². The fourth-order valence-electron chi connectivity index (χ4n) is 5.27. The minimum atomic E-state index is 0.893. The van der Waals surface area contributed by atoms with E-state index in [1.807, 2.05) is 0 Å². The topological polar surface area (TPSA) is 12.0 Å². The van der Waals surface area contributed by atoms with Gasteiger partial charge in [0.25, 0.3) is 0 Å². The largest absolute Gasteiger partial charge is 0.317 e. The first-order chi connectivity index (χ1) is 17.1. The Labute approximate surface area is 224 Å². The second kappa shape index (κ2) is 30.2. The Bertz CT molecular complexity index is 328. The summed E-state index contributed by atoms with van der Waals surface area (Å²) in [5.74, 6) is 1.79. The average Bonchev–Trinajstić information content (AvgIpc) is 2.82. The van der Waals surface area contributed by atoms with Crippen LogP contribution in [0.3, 0.4) is 0 Å². The summed E-state index contributed by atoms with van der Waals surface area (Å²) in [6.45, 7) is 11.9. The molecule has 1 nitrogen and oxygen atoms in total. The van der Waals surface area contributed by atoms with Crippen molar-refractivity contribution in [1.29, 1.82) is 0 Å². The van der Waals surface area contributed by atoms with Gasteiger partial charge in [0.1, 0.15) is 0 Å². The minimum Gasteiger partial charge on any atom is -0.317 e. The average molecular weight is 494 g/mol. The van der Waals surface area contributed by atoms with Crippen LogP contribution < -0.4 is 5.32 Å². The molecule has 35 heavy (non-hydrogen) atoms. The van der Waals surface area contributed by atoms with Gasteiger partial charge in [0.15, 0.2) is 0 Å². The Balaban J connectivity index is 3.02. The summed E-state index contributed by atoms with van der Waals surface area (Å²) in [7, 11) is 0. The zero-order valence-electron chi connectivity index (χ0n) is 25.5. The van der Waals surface area contributed by atoms with E-state index in [0.29, 0.717) is 0 Å². The molecule has 212 valence electrons. The van der Waals surface area contributed by atoms with E-state index in [4.69, 9.17) is 0 Å². The predicted octanol–water partition coefficient (Wildman–Crippen LogP) is 12.0. The second-order valence-corrected chi connectivity index (χ2v) is 12.6. The van der Waals surface area contributed by atoms with E-state index in [9.17, 15) is 0 Å². The van der Waals surface area contributed by atoms with Crippen LogP contribution in [-0.4, -0.2) is 13.1 Å². The predicted molar refractivity (Wildman–Crippen MR) is 163 cm³/mol. The van der Waals surface area contributed by atoms with Gasteiger partial charge in [-0.2, -0.15) is 0 Å². The van der Waals surface area contributed by atoms with Crippen LogP contribution in [0.5, 0.6) is 0 Å². The van der Waals surface area contributed by atoms with Gasteiger partial charge in [-0.1, -0.05) is 182 Å². The van der Waals surface area contributed by atoms with E-state index in [-0.39, 0.29) is 0 Å². The summed E-state index contributed by atoms with van der Waals surface area (Å²) < 4.78 is 0. The fourth-order valence-corrected chi connectivity index (χ4v) is 5.27. The molecule has 0 aromatic carbocycles. The zero-order valence-corrected chi connectivity index (χ0v) is 25.5. The van der Waals surface area contributed by atoms with Gasteiger partial charge in [-0.15, -0.1) is 0 Å². The van der Waals surface area contributed by atoms with Crippen molar-refractivity contribution < 1.29 is 0 Å². The lowest BCUT2D eigenvalue weighted by molar-refractivity contribution is 0.500. The number of rotatable bonds is 30. The lowest BCUT2D eigenvalue weighted by Gasteiger charge is -2.06. The van der Waals surface area contributed by atoms with Crippen molar-refractivity contribution >= 4 is 0 Å². The molecular formula is C34H71N. The molecule has 0 fully saturated rings. The van der Waals surface area contributed by atoms with E-state index in [1.54, 1.807) is 0 Å². The molecule has 0 aliphatic rings. The molecule has 0 atom stereocenters. The highest BCUT2D eigenvalue weighted by molar-refractivity contribution is 4.54. The van der Waals surface area contributed by atoms with Gasteiger partial charge in [-0.3, -0.25) is 0 Å². The first-order valence-corrected chi connectivity index (χ1v) is 16.8. The molecule has 0 unspecified atom stereocenters. The molecule has 1 N–H and O–H groups in total. The third-order valence-corrected chi connectivity index (χ3v) is 7.77. The van der Waals surface area contributed by atoms with Crippen LogP contribution in [0.2, 0.25) is 0 Å². The van der Waals surface area contributed by atoms with Crippen molar-refractivity contribution in [3.8, 4) is 0 Å². The fraction of sp³-hybridized carbons (Fsp3) is 1.00. The molecule has 0 heterocycles. The van der Waals surface area contributed by atoms with Crippen LogP contribution in [-0.2, 0) is 0 Å². The number of unbranched alkanes of at least 4 members (excludes halogenated alkanes) is 22. The molecule has 0 bridgehead atoms. The lowest BCUT2D eigenvalue weighted by Crippen LogP contribution is -2.16. The highest BCUT2D eigenvalue weighted by atomic mass is 14.8. The summed E-state index contributed by atoms with van der Waals surface area (Å²) >= 11 is 0. The molecule has 0 aliphatic heterocycles. The maximum Gasteiger partial charge on any atom is -0.00489 e. The molecule has 0 rings (SSSR count). The smallest absolute Gasteiger partial charge is 0.00489 e. The molecular weight excluding hydrogens is 422 g/mol. The molecule has 0 spiro atoms. The van der Waals surface area contributed by atoms with E-state index < -0.39 is 0 Å². The quantitative estimate of drug-likeness (QED) is 0.0980. The Morgan fingerprint density at radius 2 is 0.486 bits per heavy atom. The second-order valence-electron chi connectivity index (χ2n) is 12.6. The van der Waals surface area contributed by atoms with Crippen molar-refractivity contribution in [3.63, 3.8) is 0 Å². The van der Waals surface area contributed by atoms with Gasteiger partial charge in [0, 0.05) is 0 Å². The molecule has 0 saturated carbocycles. The molecule has 0 amide bonds. The van der Waals surface area contributed by atoms with E-state index in [2.05, 4.69) is 33.0 Å². The van der Waals surface area contributed by atoms with Gasteiger partial charge in [0.05, 0.1) is 0 Å². The van der Waals surface area contributed by atoms with E-state index >= 15 is 0 Å². The monoisotopic (exact) mass is 494 g/mol. The van der Waals surface area contributed by atoms with Crippen molar-refractivity contribution in [2.75, 3.05) is 13.1 Å². The highest BCUT2D eigenvalue weighted by Gasteiger charge is 1.98. The Morgan fingerprint density at radius 3 is 0.714 bits per heavy atom. The lowest BCUT2D eigenvalue weighted by atomic mass is 10.0. The highest BCUT2D eigenvalue weighted by Crippen LogP contribution is 2.15. The zero-order chi connectivity index (χ0) is 25.7. The van der Waals surface area contributed by atoms with Crippen molar-refractivity contribution in [2.24, 2.45) is 11.8 Å². The Hall–Kier alpha value is -0.0400. The van der Waals surface area contributed by atoms with Gasteiger partial charge in [0.2, 0.25) is 0 Å². The van der Waals surface area contributed by atoms with Crippen molar-refractivity contribution in [2.45, 2.75) is 195 Å². The van der Waals surface area contributed by atoms with Gasteiger partial charge < -0.3 is 5.32 Å². The third-order valence-electron chi connectivity index (χ3n) is 7.77. The first kappa shape index (κ1) is 35.0. The minimum absolute atomic E-state index is 0.893. The third kappa shape index (κ3) is 34.0. The van der Waals surface area contributed by atoms with Crippen LogP contribution in [0.4, 0.5) is 0 Å². The van der Waals surface area contributed by atoms with Crippen LogP contribution in [0, 0.1) is 11.8 Å². The summed E-state index contributed by atoms with van der Waals surface area (Å²) in [4.78, 5) is 0. The summed E-state index contributed by atoms with van der Waals surface area (Å²) in [6, 6.07) is 0. The van der Waals surface area contributed by atoms with Crippen LogP contribution >= 0.6 is 0 Å². The maximum absolute atomic E-state index is 3.68. The molecule has 1 heteroatoms. The summed E-state index contributed by atoms with van der Waals surface area (Å²) in [5, 5.41) is 3.68. The number of hydrogen-bond acceptors (Lipinski definition) is 1. The molecule has 0 saturated heterocycles. The van der Waals surface area contributed by atoms with Gasteiger partial charge in [-0.25, -0.2) is 0 Å². The van der Waals surface area contributed by atoms with Gasteiger partial charge >= 0.3 is 0 Å². The van der Waals surface area contributed by atoms with E-state index in [1.165, 1.54) is 180 Å². The Kier molecular flexibility index (Phi) is 30.2. The van der Waals surface area contributed by atoms with Crippen molar-refractivity contribution in [1.82, 2.24) is 5.32 Å². The standard InChI is InChI=1S/C34H71N/c1-33(2)29-25-21-17-13-9-5-7-11-15-19-23-27-31-35-32-28-24-20-16-12-8-6-10-14-18-22-26-30-34(3)4/h33-35H,5-32H2,1-4H3. The summed E-state index contributed by atoms with van der Waals surface area (Å²) in [6.07, 6.45) is 37.8. The molecule has 0 aromatic rings. The van der Waals surface area contributed by atoms with Crippen LogP contribution in [0.25, 0.3) is 0 Å². The van der Waals surface area contributed by atoms with E-state index in [0.717, 1.165) is 11.8 Å². The summed E-state index contributed by atoms with van der Waals surface area (Å²) in [5.41, 5.74) is 0. The molecule has 0 aromatic heterocycles. The van der Waals surface area contributed by atoms with Crippen molar-refractivity contribution in [3.05, 3.63) is 0 Å². The number of nitrogens with one attached hydrogen (secondary N) is 1.